The Labute approximate surface area is 113 Å². The molecule has 102 valence electrons. The summed E-state index contributed by atoms with van der Waals surface area (Å²) < 4.78 is 10.3. The molecule has 0 saturated carbocycles. The molecule has 19 heavy (non-hydrogen) atoms. The zero-order valence-corrected chi connectivity index (χ0v) is 11.6. The minimum Gasteiger partial charge on any atom is -0.497 e. The van der Waals surface area contributed by atoms with E-state index in [1.54, 1.807) is 46.3 Å². The Morgan fingerprint density at radius 3 is 2.58 bits per heavy atom. The van der Waals surface area contributed by atoms with Gasteiger partial charge >= 0.3 is 0 Å². The third kappa shape index (κ3) is 3.62. The number of hydrogen-bond acceptors (Lipinski definition) is 4. The predicted octanol–water partition coefficient (Wildman–Crippen LogP) is 1.87. The lowest BCUT2D eigenvalue weighted by Crippen LogP contribution is -2.35. The number of nitrogens with zero attached hydrogens (tertiary/aromatic N) is 1. The number of ether oxygens (including phenoxy) is 2. The first-order valence-corrected chi connectivity index (χ1v) is 5.85. The summed E-state index contributed by atoms with van der Waals surface area (Å²) in [6.45, 7) is 3.43. The Bertz CT molecular complexity index is 504. The lowest BCUT2D eigenvalue weighted by atomic mass is 9.94. The number of carbonyl (C=O) groups is 1. The predicted molar refractivity (Wildman–Crippen MR) is 70.8 cm³/mol. The molecule has 1 aromatic rings. The van der Waals surface area contributed by atoms with Crippen molar-refractivity contribution in [3.8, 4) is 17.6 Å². The molecule has 0 aliphatic carbocycles. The van der Waals surface area contributed by atoms with Crippen molar-refractivity contribution in [1.29, 1.82) is 5.26 Å². The lowest BCUT2D eigenvalue weighted by Gasteiger charge is -2.16. The first kappa shape index (κ1) is 14.8. The number of rotatable bonds is 5. The largest absolute Gasteiger partial charge is 0.497 e. The van der Waals surface area contributed by atoms with Crippen molar-refractivity contribution in [1.82, 2.24) is 5.32 Å². The highest BCUT2D eigenvalue weighted by Gasteiger charge is 2.26. The summed E-state index contributed by atoms with van der Waals surface area (Å²) in [6, 6.07) is 7.31. The quantitative estimate of drug-likeness (QED) is 0.879. The van der Waals surface area contributed by atoms with Gasteiger partial charge in [-0.2, -0.15) is 5.26 Å². The van der Waals surface area contributed by atoms with Gasteiger partial charge in [0.1, 0.15) is 16.9 Å². The molecule has 0 spiro atoms. The van der Waals surface area contributed by atoms with Gasteiger partial charge in [0.15, 0.2) is 0 Å². The van der Waals surface area contributed by atoms with Gasteiger partial charge in [0.25, 0.3) is 0 Å². The molecule has 1 amide bonds. The van der Waals surface area contributed by atoms with Crippen LogP contribution in [-0.4, -0.2) is 20.1 Å². The molecule has 0 fully saturated rings. The normalized spacial score (nSPS) is 10.5. The van der Waals surface area contributed by atoms with E-state index in [9.17, 15) is 4.79 Å². The second-order valence-corrected chi connectivity index (χ2v) is 4.60. The second kappa shape index (κ2) is 6.10. The minimum atomic E-state index is -1.05. The topological polar surface area (TPSA) is 71.3 Å². The lowest BCUT2D eigenvalue weighted by molar-refractivity contribution is -0.126. The summed E-state index contributed by atoms with van der Waals surface area (Å²) in [7, 11) is 3.13. The van der Waals surface area contributed by atoms with Gasteiger partial charge in [-0.15, -0.1) is 0 Å². The maximum atomic E-state index is 11.8. The summed E-state index contributed by atoms with van der Waals surface area (Å²) in [6.07, 6.45) is 0. The molecule has 5 nitrogen and oxygen atoms in total. The van der Waals surface area contributed by atoms with Crippen molar-refractivity contribution in [3.63, 3.8) is 0 Å². The molecule has 0 saturated heterocycles. The van der Waals surface area contributed by atoms with Crippen LogP contribution in [0.2, 0.25) is 0 Å². The van der Waals surface area contributed by atoms with Crippen LogP contribution in [0.4, 0.5) is 0 Å². The first-order valence-electron chi connectivity index (χ1n) is 5.85. The van der Waals surface area contributed by atoms with Gasteiger partial charge in [0, 0.05) is 12.1 Å². The minimum absolute atomic E-state index is 0.282. The monoisotopic (exact) mass is 262 g/mol. The SMILES string of the molecule is COc1ccc(OC)c(CNC(=O)C(C)(C)C#N)c1. The smallest absolute Gasteiger partial charge is 0.240 e. The molecule has 1 aromatic carbocycles. The molecule has 1 rings (SSSR count). The fraction of sp³-hybridized carbons (Fsp3) is 0.429. The van der Waals surface area contributed by atoms with E-state index in [4.69, 9.17) is 14.7 Å². The molecule has 0 aliphatic heterocycles. The average Bonchev–Trinajstić information content (AvgIpc) is 2.44. The molecule has 5 heteroatoms. The second-order valence-electron chi connectivity index (χ2n) is 4.60. The van der Waals surface area contributed by atoms with E-state index in [2.05, 4.69) is 5.32 Å². The zero-order valence-electron chi connectivity index (χ0n) is 11.6. The summed E-state index contributed by atoms with van der Waals surface area (Å²) >= 11 is 0. The van der Waals surface area contributed by atoms with E-state index in [0.717, 1.165) is 5.56 Å². The number of carbonyl (C=O) groups excluding carboxylic acids is 1. The number of benzene rings is 1. The van der Waals surface area contributed by atoms with Crippen molar-refractivity contribution >= 4 is 5.91 Å². The molecule has 0 unspecified atom stereocenters. The van der Waals surface area contributed by atoms with Gasteiger partial charge < -0.3 is 14.8 Å². The highest BCUT2D eigenvalue weighted by Crippen LogP contribution is 2.24. The zero-order chi connectivity index (χ0) is 14.5. The highest BCUT2D eigenvalue weighted by atomic mass is 16.5. The Morgan fingerprint density at radius 2 is 2.05 bits per heavy atom. The molecule has 0 aromatic heterocycles. The van der Waals surface area contributed by atoms with Crippen molar-refractivity contribution in [3.05, 3.63) is 23.8 Å². The standard InChI is InChI=1S/C14H18N2O3/c1-14(2,9-15)13(17)16-8-10-7-11(18-3)5-6-12(10)19-4/h5-7H,8H2,1-4H3,(H,16,17). The van der Waals surface area contributed by atoms with Crippen LogP contribution in [0.5, 0.6) is 11.5 Å². The summed E-state index contributed by atoms with van der Waals surface area (Å²) in [5.74, 6) is 1.03. The molecule has 0 aliphatic rings. The van der Waals surface area contributed by atoms with E-state index >= 15 is 0 Å². The average molecular weight is 262 g/mol. The van der Waals surface area contributed by atoms with Gasteiger partial charge in [0.05, 0.1) is 20.3 Å². The van der Waals surface area contributed by atoms with Gasteiger partial charge in [-0.25, -0.2) is 0 Å². The first-order chi connectivity index (χ1) is 8.94. The van der Waals surface area contributed by atoms with Crippen LogP contribution in [0, 0.1) is 16.7 Å². The van der Waals surface area contributed by atoms with Crippen LogP contribution in [0.25, 0.3) is 0 Å². The number of hydrogen-bond donors (Lipinski definition) is 1. The Morgan fingerprint density at radius 1 is 1.37 bits per heavy atom. The van der Waals surface area contributed by atoms with Crippen LogP contribution in [0.3, 0.4) is 0 Å². The van der Waals surface area contributed by atoms with Crippen LogP contribution >= 0.6 is 0 Å². The van der Waals surface area contributed by atoms with Crippen LogP contribution in [0.15, 0.2) is 18.2 Å². The fourth-order valence-corrected chi connectivity index (χ4v) is 1.47. The van der Waals surface area contributed by atoms with Crippen LogP contribution < -0.4 is 14.8 Å². The van der Waals surface area contributed by atoms with Crippen LogP contribution in [0.1, 0.15) is 19.4 Å². The molecular weight excluding hydrogens is 244 g/mol. The van der Waals surface area contributed by atoms with Crippen molar-refractivity contribution in [2.24, 2.45) is 5.41 Å². The molecule has 0 radical (unpaired) electrons. The van der Waals surface area contributed by atoms with Gasteiger partial charge in [-0.05, 0) is 32.0 Å². The van der Waals surface area contributed by atoms with Crippen LogP contribution in [-0.2, 0) is 11.3 Å². The Kier molecular flexibility index (Phi) is 4.76. The van der Waals surface area contributed by atoms with Gasteiger partial charge in [0.2, 0.25) is 5.91 Å². The highest BCUT2D eigenvalue weighted by molar-refractivity contribution is 5.84. The Hall–Kier alpha value is -2.22. The molecule has 0 atom stereocenters. The number of amides is 1. The van der Waals surface area contributed by atoms with E-state index in [0.29, 0.717) is 11.5 Å². The summed E-state index contributed by atoms with van der Waals surface area (Å²) in [5, 5.41) is 11.6. The number of methoxy groups -OCH3 is 2. The van der Waals surface area contributed by atoms with E-state index in [1.807, 2.05) is 6.07 Å². The maximum Gasteiger partial charge on any atom is 0.240 e. The van der Waals surface area contributed by atoms with Gasteiger partial charge in [-0.3, -0.25) is 4.79 Å². The number of nitrogens with one attached hydrogen (secondary N) is 1. The van der Waals surface area contributed by atoms with E-state index in [1.165, 1.54) is 0 Å². The third-order valence-electron chi connectivity index (χ3n) is 2.77. The third-order valence-corrected chi connectivity index (χ3v) is 2.77. The van der Waals surface area contributed by atoms with Gasteiger partial charge in [-0.1, -0.05) is 0 Å². The maximum absolute atomic E-state index is 11.8. The van der Waals surface area contributed by atoms with E-state index in [-0.39, 0.29) is 12.5 Å². The number of nitriles is 1. The molecule has 0 heterocycles. The van der Waals surface area contributed by atoms with E-state index < -0.39 is 5.41 Å². The Balaban J connectivity index is 2.83. The molecule has 1 N–H and O–H groups in total. The summed E-state index contributed by atoms with van der Waals surface area (Å²) in [5.41, 5.74) is -0.254. The van der Waals surface area contributed by atoms with Crippen molar-refractivity contribution < 1.29 is 14.3 Å². The van der Waals surface area contributed by atoms with Crippen molar-refractivity contribution in [2.45, 2.75) is 20.4 Å². The molecular formula is C14H18N2O3. The molecule has 0 bridgehead atoms. The van der Waals surface area contributed by atoms with Crippen molar-refractivity contribution in [2.75, 3.05) is 14.2 Å². The fourth-order valence-electron chi connectivity index (χ4n) is 1.47. The summed E-state index contributed by atoms with van der Waals surface area (Å²) in [4.78, 5) is 11.8.